The Bertz CT molecular complexity index is 683. The van der Waals surface area contributed by atoms with E-state index in [1.165, 1.54) is 12.3 Å². The van der Waals surface area contributed by atoms with Crippen molar-refractivity contribution in [1.82, 2.24) is 4.90 Å². The van der Waals surface area contributed by atoms with Crippen molar-refractivity contribution in [3.63, 3.8) is 0 Å². The van der Waals surface area contributed by atoms with Crippen LogP contribution in [0.15, 0.2) is 17.3 Å². The molecule has 2 aliphatic heterocycles. The molecule has 164 valence electrons. The third kappa shape index (κ3) is 4.87. The summed E-state index contributed by atoms with van der Waals surface area (Å²) < 4.78 is 32.2. The van der Waals surface area contributed by atoms with Gasteiger partial charge in [0.25, 0.3) is 0 Å². The number of aliphatic hydroxyl groups is 1. The van der Waals surface area contributed by atoms with Crippen molar-refractivity contribution < 1.29 is 33.3 Å². The van der Waals surface area contributed by atoms with Gasteiger partial charge in [-0.05, 0) is 12.5 Å². The standard InChI is InChI=1S/C19H30FN3O6/c1-6-19(9-27-16(24)10(2)3)14(28-17(25)11(4)5)13(20)15(29-19)23-8-7-12(21)22-18(23)26/h7-8,10-11,13-15,18,26H,6,9H2,1-5H3,(H2,21,22)/t13-,14+,15-,18?,19-/m1/s1. The SMILES string of the molecule is CC[C@]1(COC(=O)C(C)C)O[C@@H](N2C=CC(N)=NC2O)[C@H](F)[C@@H]1OC(=O)C(C)C. The maximum Gasteiger partial charge on any atom is 0.308 e. The fraction of sp³-hybridized carbons (Fsp3) is 0.737. The smallest absolute Gasteiger partial charge is 0.308 e. The number of nitrogens with two attached hydrogens (primary N) is 1. The van der Waals surface area contributed by atoms with Gasteiger partial charge in [-0.25, -0.2) is 9.38 Å². The van der Waals surface area contributed by atoms with Crippen LogP contribution >= 0.6 is 0 Å². The second kappa shape index (κ2) is 9.08. The number of carbonyl (C=O) groups is 2. The van der Waals surface area contributed by atoms with Crippen molar-refractivity contribution in [2.24, 2.45) is 22.6 Å². The minimum absolute atomic E-state index is 0.0811. The molecular formula is C19H30FN3O6. The first kappa shape index (κ1) is 23.1. The van der Waals surface area contributed by atoms with Gasteiger partial charge in [-0.2, -0.15) is 0 Å². The van der Waals surface area contributed by atoms with E-state index in [1.54, 1.807) is 34.6 Å². The lowest BCUT2D eigenvalue weighted by Gasteiger charge is -2.34. The van der Waals surface area contributed by atoms with Crippen molar-refractivity contribution in [1.29, 1.82) is 0 Å². The van der Waals surface area contributed by atoms with Crippen molar-refractivity contribution in [3.8, 4) is 0 Å². The van der Waals surface area contributed by atoms with Gasteiger partial charge in [0.2, 0.25) is 6.35 Å². The summed E-state index contributed by atoms with van der Waals surface area (Å²) in [6.07, 6.45) is -3.00. The molecule has 29 heavy (non-hydrogen) atoms. The number of hydrogen-bond acceptors (Lipinski definition) is 9. The van der Waals surface area contributed by atoms with Crippen molar-refractivity contribution in [3.05, 3.63) is 12.3 Å². The van der Waals surface area contributed by atoms with Gasteiger partial charge in [-0.3, -0.25) is 9.59 Å². The molecule has 0 amide bonds. The molecule has 9 nitrogen and oxygen atoms in total. The number of hydrogen-bond donors (Lipinski definition) is 2. The first-order valence-corrected chi connectivity index (χ1v) is 9.68. The number of amidine groups is 1. The number of aliphatic hydroxyl groups excluding tert-OH is 1. The zero-order valence-corrected chi connectivity index (χ0v) is 17.4. The molecule has 0 aromatic rings. The monoisotopic (exact) mass is 415 g/mol. The first-order chi connectivity index (χ1) is 13.5. The molecule has 0 aliphatic carbocycles. The van der Waals surface area contributed by atoms with E-state index in [-0.39, 0.29) is 24.8 Å². The van der Waals surface area contributed by atoms with Crippen LogP contribution in [-0.4, -0.2) is 64.8 Å². The second-order valence-corrected chi connectivity index (χ2v) is 7.81. The summed E-state index contributed by atoms with van der Waals surface area (Å²) in [5, 5.41) is 10.2. The molecule has 1 saturated heterocycles. The molecule has 3 N–H and O–H groups in total. The number of esters is 2. The summed E-state index contributed by atoms with van der Waals surface area (Å²) in [6, 6.07) is 0. The Kier molecular flexibility index (Phi) is 7.23. The largest absolute Gasteiger partial charge is 0.462 e. The van der Waals surface area contributed by atoms with Gasteiger partial charge in [0.15, 0.2) is 18.5 Å². The molecule has 0 aromatic carbocycles. The van der Waals surface area contributed by atoms with Crippen LogP contribution in [0.3, 0.4) is 0 Å². The molecule has 0 saturated carbocycles. The van der Waals surface area contributed by atoms with Crippen LogP contribution in [0.25, 0.3) is 0 Å². The minimum Gasteiger partial charge on any atom is -0.462 e. The zero-order valence-electron chi connectivity index (χ0n) is 17.4. The van der Waals surface area contributed by atoms with Crippen molar-refractivity contribution in [2.75, 3.05) is 6.61 Å². The van der Waals surface area contributed by atoms with E-state index in [9.17, 15) is 14.7 Å². The Balaban J connectivity index is 2.32. The molecule has 2 rings (SSSR count). The molecule has 0 bridgehead atoms. The Morgan fingerprint density at radius 2 is 1.97 bits per heavy atom. The average molecular weight is 415 g/mol. The van der Waals surface area contributed by atoms with Crippen LogP contribution in [0.2, 0.25) is 0 Å². The number of halogens is 1. The third-order valence-electron chi connectivity index (χ3n) is 4.92. The van der Waals surface area contributed by atoms with Gasteiger partial charge in [0.05, 0.1) is 11.8 Å². The van der Waals surface area contributed by atoms with E-state index in [0.717, 1.165) is 4.90 Å². The molecule has 1 fully saturated rings. The fourth-order valence-electron chi connectivity index (χ4n) is 3.03. The number of nitrogens with zero attached hydrogens (tertiary/aromatic N) is 2. The highest BCUT2D eigenvalue weighted by Gasteiger charge is 2.60. The van der Waals surface area contributed by atoms with E-state index in [2.05, 4.69) is 4.99 Å². The van der Waals surface area contributed by atoms with Crippen molar-refractivity contribution >= 4 is 17.8 Å². The lowest BCUT2D eigenvalue weighted by Crippen LogP contribution is -2.49. The third-order valence-corrected chi connectivity index (χ3v) is 4.92. The Hall–Kier alpha value is -2.20. The van der Waals surface area contributed by atoms with Crippen molar-refractivity contribution in [2.45, 2.75) is 71.5 Å². The van der Waals surface area contributed by atoms with Gasteiger partial charge in [0, 0.05) is 6.20 Å². The number of alkyl halides is 1. The Morgan fingerprint density at radius 3 is 2.48 bits per heavy atom. The maximum absolute atomic E-state index is 15.5. The van der Waals surface area contributed by atoms with E-state index < -0.39 is 48.3 Å². The van der Waals surface area contributed by atoms with Gasteiger partial charge in [-0.15, -0.1) is 0 Å². The van der Waals surface area contributed by atoms with Crippen LogP contribution in [0, 0.1) is 11.8 Å². The quantitative estimate of drug-likeness (QED) is 0.592. The summed E-state index contributed by atoms with van der Waals surface area (Å²) in [5.74, 6) is -1.88. The van der Waals surface area contributed by atoms with Gasteiger partial charge in [-0.1, -0.05) is 34.6 Å². The van der Waals surface area contributed by atoms with Crippen LogP contribution in [0.5, 0.6) is 0 Å². The maximum atomic E-state index is 15.5. The number of rotatable bonds is 7. The first-order valence-electron chi connectivity index (χ1n) is 9.68. The van der Waals surface area contributed by atoms with E-state index in [0.29, 0.717) is 0 Å². The average Bonchev–Trinajstić information content (AvgIpc) is 2.92. The fourth-order valence-corrected chi connectivity index (χ4v) is 3.03. The number of carbonyl (C=O) groups excluding carboxylic acids is 2. The summed E-state index contributed by atoms with van der Waals surface area (Å²) in [4.78, 5) is 29.1. The highest BCUT2D eigenvalue weighted by Crippen LogP contribution is 2.41. The number of aliphatic imine (C=N–C) groups is 1. The summed E-state index contributed by atoms with van der Waals surface area (Å²) in [6.45, 7) is 8.02. The van der Waals surface area contributed by atoms with Crippen LogP contribution in [0.1, 0.15) is 41.0 Å². The van der Waals surface area contributed by atoms with Crippen LogP contribution < -0.4 is 5.73 Å². The molecule has 10 heteroatoms. The molecular weight excluding hydrogens is 385 g/mol. The zero-order chi connectivity index (χ0) is 21.9. The van der Waals surface area contributed by atoms with E-state index >= 15 is 4.39 Å². The van der Waals surface area contributed by atoms with Crippen LogP contribution in [-0.2, 0) is 23.8 Å². The van der Waals surface area contributed by atoms with Gasteiger partial charge >= 0.3 is 11.9 Å². The lowest BCUT2D eigenvalue weighted by molar-refractivity contribution is -0.190. The molecule has 1 unspecified atom stereocenters. The minimum atomic E-state index is -1.83. The summed E-state index contributed by atoms with van der Waals surface area (Å²) in [7, 11) is 0. The highest BCUT2D eigenvalue weighted by molar-refractivity contribution is 5.91. The Labute approximate surface area is 169 Å². The molecule has 0 aromatic heterocycles. The molecule has 0 radical (unpaired) electrons. The topological polar surface area (TPSA) is 124 Å². The highest BCUT2D eigenvalue weighted by atomic mass is 19.1. The Morgan fingerprint density at radius 1 is 1.34 bits per heavy atom. The van der Waals surface area contributed by atoms with Gasteiger partial charge in [0.1, 0.15) is 18.0 Å². The summed E-state index contributed by atoms with van der Waals surface area (Å²) >= 11 is 0. The predicted octanol–water partition coefficient (Wildman–Crippen LogP) is 1.06. The molecule has 0 spiro atoms. The molecule has 2 aliphatic rings. The predicted molar refractivity (Wildman–Crippen MR) is 102 cm³/mol. The van der Waals surface area contributed by atoms with Crippen LogP contribution in [0.4, 0.5) is 4.39 Å². The van der Waals surface area contributed by atoms with Gasteiger partial charge < -0.3 is 30.0 Å². The number of ether oxygens (including phenoxy) is 3. The lowest BCUT2D eigenvalue weighted by atomic mass is 9.93. The van der Waals surface area contributed by atoms with E-state index in [4.69, 9.17) is 19.9 Å². The summed E-state index contributed by atoms with van der Waals surface area (Å²) in [5.41, 5.74) is 4.13. The second-order valence-electron chi connectivity index (χ2n) is 7.81. The molecule has 5 atom stereocenters. The molecule has 2 heterocycles. The normalized spacial score (nSPS) is 31.9. The van der Waals surface area contributed by atoms with E-state index in [1.807, 2.05) is 0 Å².